The molecule has 0 rings (SSSR count). The summed E-state index contributed by atoms with van der Waals surface area (Å²) in [4.78, 5) is 37.9. The highest BCUT2D eigenvalue weighted by Gasteiger charge is 2.19. The second-order valence-electron chi connectivity index (χ2n) is 16.5. The lowest BCUT2D eigenvalue weighted by molar-refractivity contribution is -0.167. The van der Waals surface area contributed by atoms with Crippen molar-refractivity contribution in [2.24, 2.45) is 0 Å². The average Bonchev–Trinajstić information content (AvgIpc) is 3.27. The molecule has 0 spiro atoms. The van der Waals surface area contributed by atoms with E-state index in [-0.39, 0.29) is 31.1 Å². The monoisotopic (exact) mass is 861 g/mol. The van der Waals surface area contributed by atoms with Crippen LogP contribution in [0, 0.1) is 0 Å². The van der Waals surface area contributed by atoms with Crippen LogP contribution in [0.15, 0.2) is 97.2 Å². The molecule has 0 fully saturated rings. The first-order chi connectivity index (χ1) is 30.5. The van der Waals surface area contributed by atoms with Crippen LogP contribution in [0.2, 0.25) is 0 Å². The van der Waals surface area contributed by atoms with Crippen LogP contribution in [0.4, 0.5) is 0 Å². The van der Waals surface area contributed by atoms with E-state index in [2.05, 4.69) is 118 Å². The standard InChI is InChI=1S/C56H92O6/c1-4-7-10-13-16-19-22-25-26-27-28-29-32-34-37-40-43-46-49-55(58)61-52-53(62-56(59)50-47-44-41-38-35-31-24-21-18-15-12-9-6-3)51-60-54(57)48-45-42-39-36-33-30-23-20-17-14-11-8-5-2/h8-9,11-12,14-15,17-18,20-21,23-24,26-29,53H,4-7,10,13,16,19,22,25,30-52H2,1-3H3/b11-8-,12-9-,17-14-,18-15-,23-20-,24-21-,27-26-,29-28-. The topological polar surface area (TPSA) is 78.9 Å². The second-order valence-corrected chi connectivity index (χ2v) is 16.5. The summed E-state index contributed by atoms with van der Waals surface area (Å²) in [6.07, 6.45) is 65.3. The normalized spacial score (nSPS) is 12.9. The van der Waals surface area contributed by atoms with E-state index in [0.29, 0.717) is 19.3 Å². The molecule has 0 aliphatic heterocycles. The van der Waals surface area contributed by atoms with Gasteiger partial charge in [-0.2, -0.15) is 0 Å². The van der Waals surface area contributed by atoms with Crippen LogP contribution < -0.4 is 0 Å². The number of ether oxygens (including phenoxy) is 3. The maximum Gasteiger partial charge on any atom is 0.306 e. The van der Waals surface area contributed by atoms with Gasteiger partial charge in [-0.05, 0) is 83.5 Å². The minimum atomic E-state index is -0.803. The van der Waals surface area contributed by atoms with E-state index in [4.69, 9.17) is 14.2 Å². The number of hydrogen-bond acceptors (Lipinski definition) is 6. The largest absolute Gasteiger partial charge is 0.462 e. The third kappa shape index (κ3) is 47.4. The number of carbonyl (C=O) groups excluding carboxylic acids is 3. The summed E-state index contributed by atoms with van der Waals surface area (Å²) in [6, 6.07) is 0. The number of allylic oxidation sites excluding steroid dienone is 16. The quantitative estimate of drug-likeness (QED) is 0.0263. The third-order valence-electron chi connectivity index (χ3n) is 10.5. The highest BCUT2D eigenvalue weighted by molar-refractivity contribution is 5.71. The SMILES string of the molecule is CC\C=C/C=C\C=C/CCCCCCCC(=O)OCC(COC(=O)CCCCCCC/C=C\C=C/CCCCCCCCC)OC(=O)CCCCCCC\C=C/C=C\C=C/CC. The van der Waals surface area contributed by atoms with Crippen LogP contribution in [0.3, 0.4) is 0 Å². The van der Waals surface area contributed by atoms with Gasteiger partial charge in [-0.1, -0.05) is 214 Å². The Morgan fingerprint density at radius 3 is 0.984 bits per heavy atom. The van der Waals surface area contributed by atoms with Crippen molar-refractivity contribution in [1.29, 1.82) is 0 Å². The van der Waals surface area contributed by atoms with E-state index in [1.807, 2.05) is 0 Å². The van der Waals surface area contributed by atoms with Crippen LogP contribution in [0.1, 0.15) is 220 Å². The van der Waals surface area contributed by atoms with Crippen LogP contribution in [0.5, 0.6) is 0 Å². The number of rotatable bonds is 44. The van der Waals surface area contributed by atoms with Crippen LogP contribution in [-0.4, -0.2) is 37.2 Å². The molecule has 0 amide bonds. The lowest BCUT2D eigenvalue weighted by Crippen LogP contribution is -2.30. The first-order valence-electron chi connectivity index (χ1n) is 25.3. The van der Waals surface area contributed by atoms with Gasteiger partial charge in [-0.15, -0.1) is 0 Å². The molecule has 0 aromatic rings. The predicted molar refractivity (Wildman–Crippen MR) is 265 cm³/mol. The van der Waals surface area contributed by atoms with Crippen molar-refractivity contribution in [3.8, 4) is 0 Å². The molecule has 0 aromatic carbocycles. The Balaban J connectivity index is 4.45. The summed E-state index contributed by atoms with van der Waals surface area (Å²) < 4.78 is 16.7. The number of esters is 3. The van der Waals surface area contributed by atoms with Crippen molar-refractivity contribution in [3.05, 3.63) is 97.2 Å². The number of carbonyl (C=O) groups is 3. The van der Waals surface area contributed by atoms with Crippen LogP contribution in [0.25, 0.3) is 0 Å². The molecule has 0 N–H and O–H groups in total. The van der Waals surface area contributed by atoms with Crippen LogP contribution in [-0.2, 0) is 28.6 Å². The van der Waals surface area contributed by atoms with Crippen molar-refractivity contribution in [1.82, 2.24) is 0 Å². The maximum atomic E-state index is 12.8. The van der Waals surface area contributed by atoms with Gasteiger partial charge in [0.2, 0.25) is 0 Å². The highest BCUT2D eigenvalue weighted by Crippen LogP contribution is 2.13. The zero-order valence-electron chi connectivity index (χ0n) is 40.1. The summed E-state index contributed by atoms with van der Waals surface area (Å²) in [5, 5.41) is 0. The van der Waals surface area contributed by atoms with Gasteiger partial charge in [0, 0.05) is 19.3 Å². The molecule has 0 aliphatic rings. The fourth-order valence-corrected chi connectivity index (χ4v) is 6.67. The summed E-state index contributed by atoms with van der Waals surface area (Å²) in [6.45, 7) is 6.31. The number of hydrogen-bond donors (Lipinski definition) is 0. The fraction of sp³-hybridized carbons (Fsp3) is 0.661. The molecule has 1 atom stereocenters. The molecule has 6 heteroatoms. The van der Waals surface area contributed by atoms with E-state index >= 15 is 0 Å². The molecule has 0 heterocycles. The molecule has 0 bridgehead atoms. The Morgan fingerprint density at radius 2 is 0.629 bits per heavy atom. The Labute approximate surface area is 381 Å². The van der Waals surface area contributed by atoms with Gasteiger partial charge < -0.3 is 14.2 Å². The molecule has 0 saturated heterocycles. The van der Waals surface area contributed by atoms with E-state index in [9.17, 15) is 14.4 Å². The van der Waals surface area contributed by atoms with Gasteiger partial charge in [0.1, 0.15) is 13.2 Å². The fourth-order valence-electron chi connectivity index (χ4n) is 6.67. The Bertz CT molecular complexity index is 1260. The van der Waals surface area contributed by atoms with Crippen molar-refractivity contribution < 1.29 is 28.6 Å². The van der Waals surface area contributed by atoms with Gasteiger partial charge in [0.15, 0.2) is 6.10 Å². The van der Waals surface area contributed by atoms with E-state index in [1.54, 1.807) is 0 Å². The zero-order valence-corrected chi connectivity index (χ0v) is 40.1. The minimum absolute atomic E-state index is 0.102. The van der Waals surface area contributed by atoms with Crippen molar-refractivity contribution in [2.75, 3.05) is 13.2 Å². The van der Waals surface area contributed by atoms with Gasteiger partial charge in [-0.3, -0.25) is 14.4 Å². The molecular weight excluding hydrogens is 769 g/mol. The lowest BCUT2D eigenvalue weighted by atomic mass is 10.1. The molecule has 0 radical (unpaired) electrons. The Kier molecular flexibility index (Phi) is 47.0. The number of unbranched alkanes of at least 4 members (excludes halogenated alkanes) is 22. The van der Waals surface area contributed by atoms with E-state index in [0.717, 1.165) is 128 Å². The Morgan fingerprint density at radius 1 is 0.339 bits per heavy atom. The van der Waals surface area contributed by atoms with E-state index < -0.39 is 6.10 Å². The molecule has 62 heavy (non-hydrogen) atoms. The summed E-state index contributed by atoms with van der Waals surface area (Å²) >= 11 is 0. The molecule has 0 saturated carbocycles. The average molecular weight is 861 g/mol. The maximum absolute atomic E-state index is 12.8. The molecule has 0 aromatic heterocycles. The Hall–Kier alpha value is -3.67. The van der Waals surface area contributed by atoms with Gasteiger partial charge in [0.05, 0.1) is 0 Å². The summed E-state index contributed by atoms with van der Waals surface area (Å²) in [5.74, 6) is -0.962. The third-order valence-corrected chi connectivity index (χ3v) is 10.5. The van der Waals surface area contributed by atoms with Crippen LogP contribution >= 0.6 is 0 Å². The van der Waals surface area contributed by atoms with Gasteiger partial charge >= 0.3 is 17.9 Å². The highest BCUT2D eigenvalue weighted by atomic mass is 16.6. The second kappa shape index (κ2) is 50.0. The minimum Gasteiger partial charge on any atom is -0.462 e. The lowest BCUT2D eigenvalue weighted by Gasteiger charge is -2.18. The molecule has 352 valence electrons. The smallest absolute Gasteiger partial charge is 0.306 e. The molecule has 6 nitrogen and oxygen atoms in total. The van der Waals surface area contributed by atoms with Gasteiger partial charge in [-0.25, -0.2) is 0 Å². The predicted octanol–water partition coefficient (Wildman–Crippen LogP) is 16.6. The first-order valence-corrected chi connectivity index (χ1v) is 25.3. The molecule has 1 unspecified atom stereocenters. The molecule has 0 aliphatic carbocycles. The first kappa shape index (κ1) is 58.3. The van der Waals surface area contributed by atoms with Crippen molar-refractivity contribution in [2.45, 2.75) is 226 Å². The zero-order chi connectivity index (χ0) is 45.1. The molecular formula is C56H92O6. The van der Waals surface area contributed by atoms with Crippen molar-refractivity contribution in [3.63, 3.8) is 0 Å². The van der Waals surface area contributed by atoms with E-state index in [1.165, 1.54) is 51.4 Å². The van der Waals surface area contributed by atoms with Gasteiger partial charge in [0.25, 0.3) is 0 Å². The summed E-state index contributed by atoms with van der Waals surface area (Å²) in [5.41, 5.74) is 0. The van der Waals surface area contributed by atoms with Crippen molar-refractivity contribution >= 4 is 17.9 Å². The summed E-state index contributed by atoms with van der Waals surface area (Å²) in [7, 11) is 0.